The lowest BCUT2D eigenvalue weighted by Gasteiger charge is -2.14. The van der Waals surface area contributed by atoms with Gasteiger partial charge in [0.05, 0.1) is 10.6 Å². The normalized spacial score (nSPS) is 11.4. The third kappa shape index (κ3) is 3.63. The highest BCUT2D eigenvalue weighted by molar-refractivity contribution is 9.11. The van der Waals surface area contributed by atoms with Crippen LogP contribution in [0.15, 0.2) is 50.2 Å². The van der Waals surface area contributed by atoms with Gasteiger partial charge in [-0.15, -0.1) is 0 Å². The van der Waals surface area contributed by atoms with Gasteiger partial charge in [-0.2, -0.15) is 0 Å². The van der Waals surface area contributed by atoms with Crippen molar-refractivity contribution in [2.75, 3.05) is 4.72 Å². The van der Waals surface area contributed by atoms with E-state index in [1.807, 2.05) is 0 Å². The second kappa shape index (κ2) is 6.43. The highest BCUT2D eigenvalue weighted by Crippen LogP contribution is 2.33. The number of rotatable bonds is 4. The van der Waals surface area contributed by atoms with Crippen LogP contribution in [0.4, 0.5) is 10.1 Å². The van der Waals surface area contributed by atoms with Gasteiger partial charge in [-0.1, -0.05) is 12.1 Å². The Kier molecular flexibility index (Phi) is 5.03. The SMILES string of the molecule is NCc1ccc(F)cc1S(=O)(=O)Nc1c(Br)cccc1Br. The number of hydrogen-bond donors (Lipinski definition) is 2. The first-order chi connectivity index (χ1) is 9.85. The van der Waals surface area contributed by atoms with E-state index in [9.17, 15) is 12.8 Å². The van der Waals surface area contributed by atoms with E-state index in [1.165, 1.54) is 12.1 Å². The molecule has 2 aromatic carbocycles. The van der Waals surface area contributed by atoms with E-state index in [0.29, 0.717) is 20.2 Å². The van der Waals surface area contributed by atoms with Crippen molar-refractivity contribution in [3.63, 3.8) is 0 Å². The summed E-state index contributed by atoms with van der Waals surface area (Å²) in [6.45, 7) is -0.00630. The molecule has 3 N–H and O–H groups in total. The Labute approximate surface area is 138 Å². The molecule has 2 rings (SSSR count). The van der Waals surface area contributed by atoms with Crippen molar-refractivity contribution < 1.29 is 12.8 Å². The molecule has 0 aliphatic carbocycles. The molecule has 0 heterocycles. The zero-order valence-electron chi connectivity index (χ0n) is 10.6. The number of hydrogen-bond acceptors (Lipinski definition) is 3. The summed E-state index contributed by atoms with van der Waals surface area (Å²) in [6, 6.07) is 8.62. The maximum absolute atomic E-state index is 13.4. The van der Waals surface area contributed by atoms with Crippen molar-refractivity contribution >= 4 is 47.6 Å². The van der Waals surface area contributed by atoms with Crippen LogP contribution >= 0.6 is 31.9 Å². The molecule has 112 valence electrons. The predicted molar refractivity (Wildman–Crippen MR) is 86.9 cm³/mol. The first-order valence-electron chi connectivity index (χ1n) is 5.80. The highest BCUT2D eigenvalue weighted by Gasteiger charge is 2.21. The van der Waals surface area contributed by atoms with Gasteiger partial charge in [0.1, 0.15) is 5.82 Å². The molecule has 0 spiro atoms. The summed E-state index contributed by atoms with van der Waals surface area (Å²) < 4.78 is 41.8. The Bertz CT molecular complexity index is 761. The average Bonchev–Trinajstić information content (AvgIpc) is 2.43. The predicted octanol–water partition coefficient (Wildman–Crippen LogP) is 3.61. The summed E-state index contributed by atoms with van der Waals surface area (Å²) in [7, 11) is -3.95. The van der Waals surface area contributed by atoms with Crippen LogP contribution in [0.1, 0.15) is 5.56 Å². The summed E-state index contributed by atoms with van der Waals surface area (Å²) >= 11 is 6.53. The van der Waals surface area contributed by atoms with Crippen molar-refractivity contribution in [3.8, 4) is 0 Å². The van der Waals surface area contributed by atoms with E-state index in [2.05, 4.69) is 36.6 Å². The van der Waals surface area contributed by atoms with Crippen LogP contribution in [-0.4, -0.2) is 8.42 Å². The number of sulfonamides is 1. The first-order valence-corrected chi connectivity index (χ1v) is 8.87. The van der Waals surface area contributed by atoms with Crippen LogP contribution in [0.25, 0.3) is 0 Å². The zero-order chi connectivity index (χ0) is 15.6. The molecule has 0 radical (unpaired) electrons. The van der Waals surface area contributed by atoms with Crippen LogP contribution in [0.3, 0.4) is 0 Å². The van der Waals surface area contributed by atoms with Gasteiger partial charge in [0, 0.05) is 15.5 Å². The van der Waals surface area contributed by atoms with Crippen molar-refractivity contribution in [1.82, 2.24) is 0 Å². The smallest absolute Gasteiger partial charge is 0.262 e. The van der Waals surface area contributed by atoms with Crippen LogP contribution < -0.4 is 10.5 Å². The Morgan fingerprint density at radius 2 is 1.76 bits per heavy atom. The third-order valence-corrected chi connectivity index (χ3v) is 5.49. The number of benzene rings is 2. The standard InChI is InChI=1S/C13H11Br2FN2O2S/c14-10-2-1-3-11(15)13(10)18-21(19,20)12-6-9(16)5-4-8(12)7-17/h1-6,18H,7,17H2. The van der Waals surface area contributed by atoms with E-state index in [4.69, 9.17) is 5.73 Å². The van der Waals surface area contributed by atoms with Gasteiger partial charge < -0.3 is 5.73 Å². The van der Waals surface area contributed by atoms with Crippen molar-refractivity contribution in [2.45, 2.75) is 11.4 Å². The molecule has 0 atom stereocenters. The summed E-state index contributed by atoms with van der Waals surface area (Å²) in [5.41, 5.74) is 6.19. The van der Waals surface area contributed by atoms with Crippen molar-refractivity contribution in [1.29, 1.82) is 0 Å². The maximum Gasteiger partial charge on any atom is 0.262 e. The fourth-order valence-corrected chi connectivity index (χ4v) is 4.55. The lowest BCUT2D eigenvalue weighted by molar-refractivity contribution is 0.593. The van der Waals surface area contributed by atoms with E-state index in [1.54, 1.807) is 18.2 Å². The molecule has 0 amide bonds. The average molecular weight is 438 g/mol. The molecular formula is C13H11Br2FN2O2S. The minimum Gasteiger partial charge on any atom is -0.326 e. The van der Waals surface area contributed by atoms with Gasteiger partial charge in [-0.3, -0.25) is 4.72 Å². The lowest BCUT2D eigenvalue weighted by Crippen LogP contribution is -2.17. The molecular weight excluding hydrogens is 427 g/mol. The highest BCUT2D eigenvalue weighted by atomic mass is 79.9. The quantitative estimate of drug-likeness (QED) is 0.767. The Hall–Kier alpha value is -0.960. The number of nitrogens with one attached hydrogen (secondary N) is 1. The topological polar surface area (TPSA) is 72.2 Å². The Morgan fingerprint density at radius 1 is 1.14 bits per heavy atom. The van der Waals surface area contributed by atoms with Crippen LogP contribution in [0.2, 0.25) is 0 Å². The number of halogens is 3. The molecule has 0 saturated heterocycles. The van der Waals surface area contributed by atoms with E-state index < -0.39 is 15.8 Å². The molecule has 0 saturated carbocycles. The van der Waals surface area contributed by atoms with Gasteiger partial charge in [0.2, 0.25) is 0 Å². The van der Waals surface area contributed by atoms with Crippen molar-refractivity contribution in [2.24, 2.45) is 5.73 Å². The monoisotopic (exact) mass is 436 g/mol. The van der Waals surface area contributed by atoms with E-state index >= 15 is 0 Å². The Balaban J connectivity index is 2.51. The minimum absolute atomic E-state index is 0.00630. The summed E-state index contributed by atoms with van der Waals surface area (Å²) in [5, 5.41) is 0. The fraction of sp³-hybridized carbons (Fsp3) is 0.0769. The Morgan fingerprint density at radius 3 is 2.33 bits per heavy atom. The third-order valence-electron chi connectivity index (χ3n) is 2.74. The molecule has 0 aliphatic rings. The minimum atomic E-state index is -3.95. The second-order valence-corrected chi connectivity index (χ2v) is 7.52. The molecule has 0 aliphatic heterocycles. The number of nitrogens with two attached hydrogens (primary N) is 1. The number of para-hydroxylation sites is 1. The molecule has 21 heavy (non-hydrogen) atoms. The summed E-state index contributed by atoms with van der Waals surface area (Å²) in [4.78, 5) is -0.173. The molecule has 0 unspecified atom stereocenters. The van der Waals surface area contributed by atoms with Gasteiger partial charge in [-0.25, -0.2) is 12.8 Å². The molecule has 0 bridgehead atoms. The first kappa shape index (κ1) is 16.4. The summed E-state index contributed by atoms with van der Waals surface area (Å²) in [6.07, 6.45) is 0. The van der Waals surface area contributed by atoms with E-state index in [-0.39, 0.29) is 11.4 Å². The van der Waals surface area contributed by atoms with Crippen LogP contribution in [0, 0.1) is 5.82 Å². The number of anilines is 1. The van der Waals surface area contributed by atoms with Gasteiger partial charge in [-0.05, 0) is 61.7 Å². The van der Waals surface area contributed by atoms with E-state index in [0.717, 1.165) is 6.07 Å². The zero-order valence-corrected chi connectivity index (χ0v) is 14.6. The largest absolute Gasteiger partial charge is 0.326 e. The molecule has 0 aromatic heterocycles. The second-order valence-electron chi connectivity index (χ2n) is 4.16. The van der Waals surface area contributed by atoms with Crippen molar-refractivity contribution in [3.05, 3.63) is 56.7 Å². The van der Waals surface area contributed by atoms with Gasteiger partial charge >= 0.3 is 0 Å². The van der Waals surface area contributed by atoms with Gasteiger partial charge in [0.15, 0.2) is 0 Å². The fourth-order valence-electron chi connectivity index (χ4n) is 1.73. The lowest BCUT2D eigenvalue weighted by atomic mass is 10.2. The van der Waals surface area contributed by atoms with Crippen LogP contribution in [0.5, 0.6) is 0 Å². The molecule has 0 fully saturated rings. The maximum atomic E-state index is 13.4. The molecule has 2 aromatic rings. The van der Waals surface area contributed by atoms with Gasteiger partial charge in [0.25, 0.3) is 10.0 Å². The summed E-state index contributed by atoms with van der Waals surface area (Å²) in [5.74, 6) is -0.640. The van der Waals surface area contributed by atoms with Crippen LogP contribution in [-0.2, 0) is 16.6 Å². The molecule has 8 heteroatoms. The molecule has 4 nitrogen and oxygen atoms in total.